The van der Waals surface area contributed by atoms with Crippen LogP contribution < -0.4 is 20.8 Å². The number of nitrogens with zero attached hydrogens (tertiary/aromatic N) is 3. The molecule has 3 N–H and O–H groups in total. The van der Waals surface area contributed by atoms with E-state index in [0.29, 0.717) is 12.2 Å². The van der Waals surface area contributed by atoms with Crippen LogP contribution in [0.15, 0.2) is 17.1 Å². The molecule has 0 radical (unpaired) electrons. The fourth-order valence-electron chi connectivity index (χ4n) is 3.13. The number of fused-ring (bicyclic) bond motifs is 1. The van der Waals surface area contributed by atoms with Crippen LogP contribution in [0.5, 0.6) is 5.75 Å². The maximum atomic E-state index is 14.6. The number of pyridine rings is 2. The van der Waals surface area contributed by atoms with Gasteiger partial charge in [-0.25, -0.2) is 14.2 Å². The van der Waals surface area contributed by atoms with Gasteiger partial charge in [0.15, 0.2) is 17.4 Å². The highest BCUT2D eigenvalue weighted by Gasteiger charge is 2.36. The van der Waals surface area contributed by atoms with Crippen LogP contribution in [0.1, 0.15) is 25.8 Å². The van der Waals surface area contributed by atoms with Crippen LogP contribution in [-0.2, 0) is 0 Å². The van der Waals surface area contributed by atoms with Gasteiger partial charge in [-0.2, -0.15) is 0 Å². The third-order valence-electron chi connectivity index (χ3n) is 4.84. The van der Waals surface area contributed by atoms with E-state index in [9.17, 15) is 14.0 Å². The topological polar surface area (TPSA) is 111 Å². The van der Waals surface area contributed by atoms with Crippen molar-refractivity contribution in [3.63, 3.8) is 0 Å². The summed E-state index contributed by atoms with van der Waals surface area (Å²) >= 11 is 0. The summed E-state index contributed by atoms with van der Waals surface area (Å²) in [6, 6.07) is 1.11. The lowest BCUT2D eigenvalue weighted by molar-refractivity contribution is 0.143. The molecular weight excluding hydrogens is 331 g/mol. The molecular formula is C16H17FN4O4. The van der Waals surface area contributed by atoms with E-state index in [-0.39, 0.29) is 35.1 Å². The minimum absolute atomic E-state index is 0.00405. The third kappa shape index (κ3) is 2.51. The monoisotopic (exact) mass is 348 g/mol. The van der Waals surface area contributed by atoms with Gasteiger partial charge in [0.25, 0.3) is 0 Å². The molecule has 8 nitrogen and oxygen atoms in total. The van der Waals surface area contributed by atoms with Gasteiger partial charge in [-0.05, 0) is 25.8 Å². The molecule has 1 saturated carbocycles. The van der Waals surface area contributed by atoms with E-state index in [0.717, 1.165) is 18.9 Å². The highest BCUT2D eigenvalue weighted by molar-refractivity contribution is 5.80. The van der Waals surface area contributed by atoms with E-state index in [1.165, 1.54) is 6.20 Å². The summed E-state index contributed by atoms with van der Waals surface area (Å²) in [5.41, 5.74) is 5.51. The lowest BCUT2D eigenvalue weighted by atomic mass is 9.99. The Hall–Kier alpha value is -2.68. The van der Waals surface area contributed by atoms with Crippen molar-refractivity contribution in [3.8, 4) is 5.75 Å². The Labute approximate surface area is 141 Å². The number of aromatic nitrogens is 2. The predicted octanol–water partition coefficient (Wildman–Crippen LogP) is 1.46. The molecule has 2 aliphatic rings. The lowest BCUT2D eigenvalue weighted by Crippen LogP contribution is -2.63. The maximum absolute atomic E-state index is 14.6. The van der Waals surface area contributed by atoms with E-state index in [1.54, 1.807) is 9.47 Å². The van der Waals surface area contributed by atoms with Crippen LogP contribution in [-0.4, -0.2) is 39.4 Å². The first kappa shape index (κ1) is 15.8. The minimum atomic E-state index is -1.59. The molecule has 3 heterocycles. The molecule has 2 fully saturated rings. The summed E-state index contributed by atoms with van der Waals surface area (Å²) in [5.74, 6) is -0.833. The van der Waals surface area contributed by atoms with E-state index in [4.69, 9.17) is 10.8 Å². The number of carboxylic acid groups (broad SMARTS) is 1. The number of hydrogen-bond donors (Lipinski definition) is 2. The van der Waals surface area contributed by atoms with Crippen molar-refractivity contribution in [2.24, 2.45) is 5.73 Å². The molecule has 1 aliphatic heterocycles. The lowest BCUT2D eigenvalue weighted by Gasteiger charge is -2.45. The predicted molar refractivity (Wildman–Crippen MR) is 87.7 cm³/mol. The highest BCUT2D eigenvalue weighted by atomic mass is 19.1. The molecule has 0 spiro atoms. The largest absolute Gasteiger partial charge is 0.511 e. The number of halogens is 1. The Balaban J connectivity index is 1.91. The van der Waals surface area contributed by atoms with Crippen LogP contribution in [0.2, 0.25) is 0 Å². The summed E-state index contributed by atoms with van der Waals surface area (Å²) in [6.07, 6.45) is 1.51. The maximum Gasteiger partial charge on any atom is 0.511 e. The SMILES string of the molecule is C[C@@H]1[C@@H](N)CN1c1nc2c(cc1F)c(=O)c(OC(=O)O)cn2C1CC1. The number of nitrogens with two attached hydrogens (primary N) is 1. The van der Waals surface area contributed by atoms with Crippen molar-refractivity contribution in [1.82, 2.24) is 9.55 Å². The van der Waals surface area contributed by atoms with E-state index < -0.39 is 17.4 Å². The van der Waals surface area contributed by atoms with Crippen LogP contribution in [0, 0.1) is 5.82 Å². The summed E-state index contributed by atoms with van der Waals surface area (Å²) in [6.45, 7) is 2.38. The molecule has 9 heteroatoms. The van der Waals surface area contributed by atoms with Gasteiger partial charge in [-0.15, -0.1) is 0 Å². The molecule has 2 aromatic heterocycles. The Morgan fingerprint density at radius 3 is 2.76 bits per heavy atom. The molecule has 0 aromatic carbocycles. The van der Waals surface area contributed by atoms with Gasteiger partial charge in [0, 0.05) is 24.7 Å². The van der Waals surface area contributed by atoms with Crippen molar-refractivity contribution < 1.29 is 19.0 Å². The van der Waals surface area contributed by atoms with Gasteiger partial charge < -0.3 is 25.0 Å². The van der Waals surface area contributed by atoms with Crippen molar-refractivity contribution in [2.45, 2.75) is 37.9 Å². The summed E-state index contributed by atoms with van der Waals surface area (Å²) in [7, 11) is 0. The number of anilines is 1. The second-order valence-corrected chi connectivity index (χ2v) is 6.55. The fraction of sp³-hybridized carbons (Fsp3) is 0.438. The first-order chi connectivity index (χ1) is 11.9. The average Bonchev–Trinajstić information content (AvgIpc) is 3.39. The average molecular weight is 348 g/mol. The van der Waals surface area contributed by atoms with Crippen LogP contribution >= 0.6 is 0 Å². The molecule has 0 bridgehead atoms. The van der Waals surface area contributed by atoms with Crippen molar-refractivity contribution in [1.29, 1.82) is 0 Å². The zero-order chi connectivity index (χ0) is 17.9. The van der Waals surface area contributed by atoms with Gasteiger partial charge in [0.2, 0.25) is 5.43 Å². The number of carbonyl (C=O) groups is 1. The van der Waals surface area contributed by atoms with Gasteiger partial charge >= 0.3 is 6.16 Å². The van der Waals surface area contributed by atoms with Gasteiger partial charge in [0.05, 0.1) is 11.6 Å². The Kier molecular flexibility index (Phi) is 3.43. The Bertz CT molecular complexity index is 940. The van der Waals surface area contributed by atoms with Gasteiger partial charge in [0.1, 0.15) is 5.65 Å². The van der Waals surface area contributed by atoms with Crippen LogP contribution in [0.3, 0.4) is 0 Å². The second-order valence-electron chi connectivity index (χ2n) is 6.55. The van der Waals surface area contributed by atoms with Crippen LogP contribution in [0.25, 0.3) is 11.0 Å². The quantitative estimate of drug-likeness (QED) is 0.808. The summed E-state index contributed by atoms with van der Waals surface area (Å²) in [4.78, 5) is 29.4. The molecule has 0 amide bonds. The van der Waals surface area contributed by atoms with Gasteiger partial charge in [-0.1, -0.05) is 0 Å². The van der Waals surface area contributed by atoms with E-state index in [2.05, 4.69) is 9.72 Å². The third-order valence-corrected chi connectivity index (χ3v) is 4.84. The summed E-state index contributed by atoms with van der Waals surface area (Å²) in [5, 5.41) is 8.80. The molecule has 2 atom stereocenters. The second kappa shape index (κ2) is 5.41. The zero-order valence-corrected chi connectivity index (χ0v) is 13.5. The summed E-state index contributed by atoms with van der Waals surface area (Å²) < 4.78 is 20.8. The molecule has 2 aromatic rings. The number of ether oxygens (including phenoxy) is 1. The molecule has 0 unspecified atom stereocenters. The molecule has 25 heavy (non-hydrogen) atoms. The first-order valence-electron chi connectivity index (χ1n) is 8.05. The van der Waals surface area contributed by atoms with Crippen molar-refractivity contribution in [2.75, 3.05) is 11.4 Å². The van der Waals surface area contributed by atoms with Crippen molar-refractivity contribution in [3.05, 3.63) is 28.3 Å². The molecule has 1 aliphatic carbocycles. The van der Waals surface area contributed by atoms with E-state index in [1.807, 2.05) is 6.92 Å². The zero-order valence-electron chi connectivity index (χ0n) is 13.5. The van der Waals surface area contributed by atoms with E-state index >= 15 is 0 Å². The smallest absolute Gasteiger partial charge is 0.449 e. The highest BCUT2D eigenvalue weighted by Crippen LogP contribution is 2.38. The number of rotatable bonds is 3. The Morgan fingerprint density at radius 1 is 1.48 bits per heavy atom. The van der Waals surface area contributed by atoms with Gasteiger partial charge in [-0.3, -0.25) is 4.79 Å². The minimum Gasteiger partial charge on any atom is -0.449 e. The molecule has 132 valence electrons. The number of hydrogen-bond acceptors (Lipinski definition) is 6. The molecule has 4 rings (SSSR count). The standard InChI is InChI=1S/C16H17FN4O4/c1-7-11(18)5-20(7)15-10(17)4-9-13(22)12(25-16(23)24)6-21(8-2-3-8)14(9)19-15/h4,6-8,11H,2-3,5,18H2,1H3,(H,23,24)/t7-,11+/m1/s1. The first-order valence-corrected chi connectivity index (χ1v) is 8.05. The molecule has 1 saturated heterocycles. The normalized spacial score (nSPS) is 22.8. The van der Waals surface area contributed by atoms with Crippen molar-refractivity contribution >= 4 is 23.0 Å². The van der Waals surface area contributed by atoms with Crippen LogP contribution in [0.4, 0.5) is 15.0 Å². The Morgan fingerprint density at radius 2 is 2.20 bits per heavy atom. The fourth-order valence-corrected chi connectivity index (χ4v) is 3.13.